The third-order valence-corrected chi connectivity index (χ3v) is 5.33. The van der Waals surface area contributed by atoms with Crippen molar-refractivity contribution in [2.24, 2.45) is 0 Å². The van der Waals surface area contributed by atoms with Crippen LogP contribution in [0.1, 0.15) is 121 Å². The molecular weight excluding hydrogens is 416 g/mol. The van der Waals surface area contributed by atoms with Crippen LogP contribution in [0.4, 0.5) is 0 Å². The molecule has 0 fully saturated rings. The van der Waals surface area contributed by atoms with E-state index in [-0.39, 0.29) is 5.91 Å². The highest BCUT2D eigenvalue weighted by atomic mass is 16.2. The van der Waals surface area contributed by atoms with E-state index in [9.17, 15) is 4.79 Å². The molecule has 0 bridgehead atoms. The molecule has 0 heterocycles. The van der Waals surface area contributed by atoms with Gasteiger partial charge in [0, 0.05) is 25.2 Å². The Bertz CT molecular complexity index is 584. The van der Waals surface area contributed by atoms with Gasteiger partial charge in [0.15, 0.2) is 0 Å². The van der Waals surface area contributed by atoms with Crippen molar-refractivity contribution in [2.45, 2.75) is 127 Å². The van der Waals surface area contributed by atoms with Crippen LogP contribution in [0.2, 0.25) is 0 Å². The lowest BCUT2D eigenvalue weighted by Gasteiger charge is -2.18. The van der Waals surface area contributed by atoms with Crippen LogP contribution in [0.25, 0.3) is 0 Å². The van der Waals surface area contributed by atoms with Gasteiger partial charge in [0.1, 0.15) is 0 Å². The second kappa shape index (κ2) is 27.6. The van der Waals surface area contributed by atoms with Crippen LogP contribution in [-0.2, 0) is 4.79 Å². The summed E-state index contributed by atoms with van der Waals surface area (Å²) in [5.74, 6) is 0.0855. The summed E-state index contributed by atoms with van der Waals surface area (Å²) < 4.78 is 0. The number of hydrogen-bond donors (Lipinski definition) is 1. The van der Waals surface area contributed by atoms with Crippen LogP contribution in [-0.4, -0.2) is 37.0 Å². The molecule has 1 amide bonds. The minimum atomic E-state index is 0.0855. The second-order valence-electron chi connectivity index (χ2n) is 8.79. The first-order valence-electron chi connectivity index (χ1n) is 13.9. The molecule has 0 rings (SSSR count). The van der Waals surface area contributed by atoms with Gasteiger partial charge in [0.25, 0.3) is 0 Å². The predicted octanol–water partition coefficient (Wildman–Crippen LogP) is 9.03. The summed E-state index contributed by atoms with van der Waals surface area (Å²) in [5.41, 5.74) is 3.16. The summed E-state index contributed by atoms with van der Waals surface area (Å²) in [6, 6.07) is 0.725. The van der Waals surface area contributed by atoms with E-state index < -0.39 is 0 Å². The van der Waals surface area contributed by atoms with E-state index in [0.717, 1.165) is 18.0 Å². The largest absolute Gasteiger partial charge is 0.338 e. The highest BCUT2D eigenvalue weighted by molar-refractivity contribution is 5.92. The molecule has 0 aromatic carbocycles. The molecule has 3 heteroatoms. The molecule has 0 saturated heterocycles. The molecule has 0 radical (unpaired) electrons. The molecule has 1 N–H and O–H groups in total. The Kier molecular flexibility index (Phi) is 30.0. The second-order valence-corrected chi connectivity index (χ2v) is 8.79. The fourth-order valence-electron chi connectivity index (χ4n) is 3.31. The first-order valence-corrected chi connectivity index (χ1v) is 13.9. The Hall–Kier alpha value is -1.61. The Morgan fingerprint density at radius 1 is 0.971 bits per heavy atom. The summed E-state index contributed by atoms with van der Waals surface area (Å²) >= 11 is 0. The number of nitrogens with one attached hydrogen (secondary N) is 1. The van der Waals surface area contributed by atoms with Crippen LogP contribution in [0, 0.1) is 0 Å². The third-order valence-electron chi connectivity index (χ3n) is 5.33. The van der Waals surface area contributed by atoms with Crippen molar-refractivity contribution in [3.8, 4) is 0 Å². The number of nitrogens with zero attached hydrogens (tertiary/aromatic N) is 1. The number of unbranched alkanes of at least 4 members (excludes halogenated alkanes) is 4. The lowest BCUT2D eigenvalue weighted by molar-refractivity contribution is -0.125. The van der Waals surface area contributed by atoms with Crippen molar-refractivity contribution in [2.75, 3.05) is 20.1 Å². The lowest BCUT2D eigenvalue weighted by atomic mass is 10.1. The SMILES string of the molecule is CC.CCCCCCC(C)NCCCC.C\C=C/C(=C\CC)/C=C(\C)CN(C)C(=O)/C(C)=C/C. The van der Waals surface area contributed by atoms with Crippen LogP contribution < -0.4 is 5.32 Å². The molecule has 0 aromatic heterocycles. The molecule has 0 aliphatic carbocycles. The fourth-order valence-corrected chi connectivity index (χ4v) is 3.31. The van der Waals surface area contributed by atoms with Gasteiger partial charge in [-0.3, -0.25) is 4.79 Å². The number of likely N-dealkylation sites (N-methyl/N-ethyl adjacent to an activating group) is 1. The van der Waals surface area contributed by atoms with Crippen LogP contribution in [0.3, 0.4) is 0 Å². The van der Waals surface area contributed by atoms with Gasteiger partial charge in [-0.05, 0) is 66.0 Å². The average Bonchev–Trinajstić information content (AvgIpc) is 2.83. The van der Waals surface area contributed by atoms with Gasteiger partial charge in [-0.1, -0.05) is 103 Å². The Morgan fingerprint density at radius 3 is 2.09 bits per heavy atom. The third kappa shape index (κ3) is 23.5. The number of carbonyl (C=O) groups excluding carboxylic acids is 1. The van der Waals surface area contributed by atoms with Gasteiger partial charge in [0.2, 0.25) is 5.91 Å². The fraction of sp³-hybridized carbons (Fsp3) is 0.710. The zero-order valence-electron chi connectivity index (χ0n) is 24.9. The molecule has 3 nitrogen and oxygen atoms in total. The molecule has 0 spiro atoms. The van der Waals surface area contributed by atoms with Gasteiger partial charge in [-0.25, -0.2) is 0 Å². The van der Waals surface area contributed by atoms with Crippen molar-refractivity contribution >= 4 is 5.91 Å². The zero-order valence-corrected chi connectivity index (χ0v) is 24.9. The van der Waals surface area contributed by atoms with E-state index in [1.807, 2.05) is 53.8 Å². The van der Waals surface area contributed by atoms with E-state index in [1.165, 1.54) is 62.6 Å². The number of carbonyl (C=O) groups is 1. The van der Waals surface area contributed by atoms with Gasteiger partial charge in [-0.15, -0.1) is 0 Å². The smallest absolute Gasteiger partial charge is 0.249 e. The summed E-state index contributed by atoms with van der Waals surface area (Å²) in [5, 5.41) is 3.56. The van der Waals surface area contributed by atoms with Gasteiger partial charge in [0.05, 0.1) is 0 Å². The first kappa shape index (κ1) is 36.9. The number of allylic oxidation sites excluding steroid dienone is 6. The van der Waals surface area contributed by atoms with Crippen molar-refractivity contribution in [3.05, 3.63) is 47.1 Å². The van der Waals surface area contributed by atoms with Crippen LogP contribution >= 0.6 is 0 Å². The number of hydrogen-bond acceptors (Lipinski definition) is 2. The summed E-state index contributed by atoms with van der Waals surface area (Å²) in [4.78, 5) is 13.7. The molecule has 0 saturated carbocycles. The minimum Gasteiger partial charge on any atom is -0.338 e. The normalized spacial score (nSPS) is 13.1. The maximum Gasteiger partial charge on any atom is 0.249 e. The average molecular weight is 477 g/mol. The first-order chi connectivity index (χ1) is 16.3. The maximum atomic E-state index is 11.9. The quantitative estimate of drug-likeness (QED) is 0.145. The Balaban J connectivity index is -0.000000559. The molecule has 34 heavy (non-hydrogen) atoms. The predicted molar refractivity (Wildman–Crippen MR) is 156 cm³/mol. The molecule has 0 aromatic rings. The van der Waals surface area contributed by atoms with E-state index in [4.69, 9.17) is 0 Å². The molecule has 0 aliphatic rings. The highest BCUT2D eigenvalue weighted by Crippen LogP contribution is 2.09. The van der Waals surface area contributed by atoms with Crippen LogP contribution in [0.15, 0.2) is 47.1 Å². The van der Waals surface area contributed by atoms with Gasteiger partial charge < -0.3 is 10.2 Å². The van der Waals surface area contributed by atoms with E-state index in [0.29, 0.717) is 6.54 Å². The Morgan fingerprint density at radius 2 is 1.59 bits per heavy atom. The zero-order chi connectivity index (χ0) is 26.8. The lowest BCUT2D eigenvalue weighted by Crippen LogP contribution is -2.28. The van der Waals surface area contributed by atoms with Crippen molar-refractivity contribution in [1.82, 2.24) is 10.2 Å². The number of rotatable bonds is 15. The van der Waals surface area contributed by atoms with Crippen molar-refractivity contribution in [1.29, 1.82) is 0 Å². The molecular formula is C31H60N2O. The molecule has 200 valence electrons. The van der Waals surface area contributed by atoms with E-state index >= 15 is 0 Å². The minimum absolute atomic E-state index is 0.0855. The van der Waals surface area contributed by atoms with Gasteiger partial charge in [-0.2, -0.15) is 0 Å². The number of amides is 1. The molecule has 1 atom stereocenters. The highest BCUT2D eigenvalue weighted by Gasteiger charge is 2.10. The summed E-state index contributed by atoms with van der Waals surface area (Å²) in [6.07, 6.45) is 20.8. The van der Waals surface area contributed by atoms with Crippen LogP contribution in [0.5, 0.6) is 0 Å². The van der Waals surface area contributed by atoms with Crippen molar-refractivity contribution in [3.63, 3.8) is 0 Å². The molecule has 1 unspecified atom stereocenters. The standard InChI is InChI=1S/C17H27NO.C12H27N.C2H6/c1-7-10-16(11-8-2)12-14(4)13-18(6)17(19)15(5)9-3;1-4-6-8-9-10-12(3)13-11-7-5-2;1-2/h7,9-12H,8,13H2,1-6H3;12-13H,4-11H2,1-3H3;1-2H3/b10-7-,14-12+,15-9+,16-11+;;. The monoisotopic (exact) mass is 476 g/mol. The maximum absolute atomic E-state index is 11.9. The van der Waals surface area contributed by atoms with E-state index in [2.05, 4.69) is 58.2 Å². The van der Waals surface area contributed by atoms with Gasteiger partial charge >= 0.3 is 0 Å². The van der Waals surface area contributed by atoms with Crippen molar-refractivity contribution < 1.29 is 4.79 Å². The Labute approximate surface area is 214 Å². The summed E-state index contributed by atoms with van der Waals surface area (Å²) in [7, 11) is 1.84. The summed E-state index contributed by atoms with van der Waals surface area (Å²) in [6.45, 7) is 22.6. The van der Waals surface area contributed by atoms with E-state index in [1.54, 1.807) is 4.90 Å². The molecule has 0 aliphatic heterocycles. The topological polar surface area (TPSA) is 32.3 Å².